The number of amides is 3. The Morgan fingerprint density at radius 3 is 2.27 bits per heavy atom. The quantitative estimate of drug-likeness (QED) is 0.331. The second-order valence-corrected chi connectivity index (χ2v) is 11.9. The third kappa shape index (κ3) is 8.41. The number of anilines is 2. The van der Waals surface area contributed by atoms with Crippen molar-refractivity contribution in [3.63, 3.8) is 0 Å². The van der Waals surface area contributed by atoms with Crippen LogP contribution in [0.15, 0.2) is 67.0 Å². The predicted octanol–water partition coefficient (Wildman–Crippen LogP) is 4.24. The lowest BCUT2D eigenvalue weighted by molar-refractivity contribution is -0.137. The minimum absolute atomic E-state index is 0.121. The molecule has 44 heavy (non-hydrogen) atoms. The van der Waals surface area contributed by atoms with E-state index in [2.05, 4.69) is 20.5 Å². The highest BCUT2D eigenvalue weighted by molar-refractivity contribution is 6.00. The zero-order valence-corrected chi connectivity index (χ0v) is 25.0. The first-order chi connectivity index (χ1) is 20.9. The van der Waals surface area contributed by atoms with E-state index in [4.69, 9.17) is 5.26 Å². The maximum atomic E-state index is 13.3. The van der Waals surface area contributed by atoms with Crippen LogP contribution in [0.4, 0.5) is 11.4 Å². The fourth-order valence-corrected chi connectivity index (χ4v) is 5.00. The molecular formula is C33H36N6O5. The van der Waals surface area contributed by atoms with E-state index in [1.165, 1.54) is 6.20 Å². The third-order valence-corrected chi connectivity index (χ3v) is 7.16. The Morgan fingerprint density at radius 2 is 1.68 bits per heavy atom. The summed E-state index contributed by atoms with van der Waals surface area (Å²) < 4.78 is 0. The Bertz CT molecular complexity index is 1550. The van der Waals surface area contributed by atoms with Gasteiger partial charge in [0, 0.05) is 56.1 Å². The smallest absolute Gasteiger partial charge is 0.305 e. The number of nitriles is 1. The summed E-state index contributed by atoms with van der Waals surface area (Å²) in [5, 5.41) is 24.2. The number of benzene rings is 2. The molecule has 0 bridgehead atoms. The number of nitrogens with one attached hydrogen (secondary N) is 2. The number of nitrogens with zero attached hydrogens (tertiary/aromatic N) is 4. The van der Waals surface area contributed by atoms with Crippen LogP contribution in [0.5, 0.6) is 0 Å². The van der Waals surface area contributed by atoms with E-state index in [0.29, 0.717) is 54.2 Å². The highest BCUT2D eigenvalue weighted by atomic mass is 16.4. The first-order valence-electron chi connectivity index (χ1n) is 14.3. The molecule has 11 nitrogen and oxygen atoms in total. The Morgan fingerprint density at radius 1 is 1.00 bits per heavy atom. The number of pyridine rings is 1. The molecule has 2 aromatic carbocycles. The zero-order chi connectivity index (χ0) is 31.9. The highest BCUT2D eigenvalue weighted by Gasteiger charge is 2.26. The van der Waals surface area contributed by atoms with Gasteiger partial charge in [-0.25, -0.2) is 0 Å². The summed E-state index contributed by atoms with van der Waals surface area (Å²) in [7, 11) is 0. The second-order valence-electron chi connectivity index (χ2n) is 11.9. The topological polar surface area (TPSA) is 156 Å². The monoisotopic (exact) mass is 596 g/mol. The molecule has 11 heteroatoms. The zero-order valence-electron chi connectivity index (χ0n) is 25.0. The summed E-state index contributed by atoms with van der Waals surface area (Å²) >= 11 is 0. The summed E-state index contributed by atoms with van der Waals surface area (Å²) in [6, 6.07) is 16.2. The number of aliphatic carboxylic acids is 1. The molecule has 0 aliphatic carbocycles. The minimum atomic E-state index is -1.07. The van der Waals surface area contributed by atoms with Crippen LogP contribution in [0.3, 0.4) is 0 Å². The standard InChI is InChI=1S/C33H36N6O5/c1-33(2,3)19-29(40)36-27-17-24(31(43)37-26(18-30(41)42)25-5-4-12-35-21-25)10-11-28(27)38-13-15-39(16-14-38)32(44)23-8-6-22(20-34)7-9-23/h4-12,17,21,26H,13-16,18-19H2,1-3H3,(H,36,40)(H,37,43)(H,41,42). The van der Waals surface area contributed by atoms with E-state index < -0.39 is 17.9 Å². The van der Waals surface area contributed by atoms with Crippen LogP contribution < -0.4 is 15.5 Å². The van der Waals surface area contributed by atoms with E-state index in [-0.39, 0.29) is 35.6 Å². The molecule has 1 saturated heterocycles. The molecule has 1 aliphatic rings. The van der Waals surface area contributed by atoms with Gasteiger partial charge in [0.1, 0.15) is 0 Å². The number of carboxylic acids is 1. The maximum absolute atomic E-state index is 13.3. The van der Waals surface area contributed by atoms with Crippen molar-refractivity contribution < 1.29 is 24.3 Å². The van der Waals surface area contributed by atoms with Crippen molar-refractivity contribution in [3.05, 3.63) is 89.2 Å². The number of piperazine rings is 1. The van der Waals surface area contributed by atoms with Crippen LogP contribution in [0.2, 0.25) is 0 Å². The lowest BCUT2D eigenvalue weighted by Gasteiger charge is -2.37. The molecule has 228 valence electrons. The average molecular weight is 597 g/mol. The maximum Gasteiger partial charge on any atom is 0.305 e. The molecule has 3 aromatic rings. The largest absolute Gasteiger partial charge is 0.481 e. The van der Waals surface area contributed by atoms with Gasteiger partial charge >= 0.3 is 5.97 Å². The molecule has 1 aliphatic heterocycles. The Balaban J connectivity index is 1.54. The number of rotatable bonds is 9. The SMILES string of the molecule is CC(C)(C)CC(=O)Nc1cc(C(=O)NC(CC(=O)O)c2cccnc2)ccc1N1CCN(C(=O)c2ccc(C#N)cc2)CC1. The fraction of sp³-hybridized carbons (Fsp3) is 0.333. The van der Waals surface area contributed by atoms with Gasteiger partial charge in [-0.15, -0.1) is 0 Å². The molecule has 0 spiro atoms. The van der Waals surface area contributed by atoms with Crippen LogP contribution in [-0.4, -0.2) is 64.9 Å². The fourth-order valence-electron chi connectivity index (χ4n) is 5.00. The summed E-state index contributed by atoms with van der Waals surface area (Å²) in [6.45, 7) is 7.76. The van der Waals surface area contributed by atoms with Gasteiger partial charge < -0.3 is 25.5 Å². The van der Waals surface area contributed by atoms with Gasteiger partial charge in [0.05, 0.1) is 35.5 Å². The molecule has 3 N–H and O–H groups in total. The number of carboxylic acid groups (broad SMARTS) is 1. The van der Waals surface area contributed by atoms with Crippen molar-refractivity contribution in [3.8, 4) is 6.07 Å². The van der Waals surface area contributed by atoms with Gasteiger partial charge in [0.2, 0.25) is 5.91 Å². The molecule has 0 radical (unpaired) electrons. The van der Waals surface area contributed by atoms with Crippen molar-refractivity contribution in [2.45, 2.75) is 39.7 Å². The van der Waals surface area contributed by atoms with E-state index in [1.54, 1.807) is 65.7 Å². The number of carbonyl (C=O) groups excluding carboxylic acids is 3. The van der Waals surface area contributed by atoms with E-state index in [1.807, 2.05) is 26.8 Å². The molecule has 1 unspecified atom stereocenters. The molecule has 1 atom stereocenters. The Kier molecular flexibility index (Phi) is 9.95. The van der Waals surface area contributed by atoms with Crippen LogP contribution in [0.25, 0.3) is 0 Å². The third-order valence-electron chi connectivity index (χ3n) is 7.16. The van der Waals surface area contributed by atoms with Crippen molar-refractivity contribution >= 4 is 35.1 Å². The van der Waals surface area contributed by atoms with Crippen LogP contribution in [0.1, 0.15) is 71.5 Å². The Labute approximate surface area is 256 Å². The number of hydrogen-bond donors (Lipinski definition) is 3. The van der Waals surface area contributed by atoms with Crippen molar-refractivity contribution in [1.29, 1.82) is 5.26 Å². The number of aromatic nitrogens is 1. The van der Waals surface area contributed by atoms with Gasteiger partial charge in [0.25, 0.3) is 11.8 Å². The highest BCUT2D eigenvalue weighted by Crippen LogP contribution is 2.30. The first kappa shape index (κ1) is 31.7. The minimum Gasteiger partial charge on any atom is -0.481 e. The van der Waals surface area contributed by atoms with Crippen LogP contribution in [-0.2, 0) is 9.59 Å². The molecular weight excluding hydrogens is 560 g/mol. The lowest BCUT2D eigenvalue weighted by Crippen LogP contribution is -2.49. The predicted molar refractivity (Wildman–Crippen MR) is 165 cm³/mol. The van der Waals surface area contributed by atoms with Crippen molar-refractivity contribution in [2.24, 2.45) is 5.41 Å². The van der Waals surface area contributed by atoms with Gasteiger partial charge in [-0.3, -0.25) is 24.2 Å². The van der Waals surface area contributed by atoms with Gasteiger partial charge in [-0.1, -0.05) is 26.8 Å². The second kappa shape index (κ2) is 13.8. The summed E-state index contributed by atoms with van der Waals surface area (Å²) in [5.74, 6) is -1.88. The van der Waals surface area contributed by atoms with E-state index >= 15 is 0 Å². The van der Waals surface area contributed by atoms with Crippen molar-refractivity contribution in [1.82, 2.24) is 15.2 Å². The van der Waals surface area contributed by atoms with Gasteiger partial charge in [-0.2, -0.15) is 5.26 Å². The molecule has 1 fully saturated rings. The number of carbonyl (C=O) groups is 4. The van der Waals surface area contributed by atoms with Gasteiger partial charge in [-0.05, 0) is 59.5 Å². The van der Waals surface area contributed by atoms with E-state index in [9.17, 15) is 24.3 Å². The van der Waals surface area contributed by atoms with Crippen molar-refractivity contribution in [2.75, 3.05) is 36.4 Å². The van der Waals surface area contributed by atoms with Gasteiger partial charge in [0.15, 0.2) is 0 Å². The summed E-state index contributed by atoms with van der Waals surface area (Å²) in [5.41, 5.74) is 2.72. The van der Waals surface area contributed by atoms with E-state index in [0.717, 1.165) is 0 Å². The van der Waals surface area contributed by atoms with Crippen LogP contribution >= 0.6 is 0 Å². The summed E-state index contributed by atoms with van der Waals surface area (Å²) in [4.78, 5) is 58.8. The summed E-state index contributed by atoms with van der Waals surface area (Å²) in [6.07, 6.45) is 3.02. The average Bonchev–Trinajstić information content (AvgIpc) is 2.99. The number of hydrogen-bond acceptors (Lipinski definition) is 7. The molecule has 0 saturated carbocycles. The van der Waals surface area contributed by atoms with Crippen LogP contribution in [0, 0.1) is 16.7 Å². The normalized spacial score (nSPS) is 13.9. The molecule has 1 aromatic heterocycles. The lowest BCUT2D eigenvalue weighted by atomic mass is 9.92. The molecule has 2 heterocycles. The first-order valence-corrected chi connectivity index (χ1v) is 14.3. The molecule has 4 rings (SSSR count). The Hall–Kier alpha value is -5.24. The molecule has 3 amide bonds.